The number of hydrogen-bond donors (Lipinski definition) is 13. The minimum atomic E-state index is -1.74. The molecule has 0 bridgehead atoms. The van der Waals surface area contributed by atoms with Crippen LogP contribution in [0.1, 0.15) is 106 Å². The van der Waals surface area contributed by atoms with Crippen LogP contribution in [0.4, 0.5) is 0 Å². The van der Waals surface area contributed by atoms with Crippen molar-refractivity contribution in [2.24, 2.45) is 52.3 Å². The molecule has 22 heteroatoms. The lowest BCUT2D eigenvalue weighted by atomic mass is 9.44. The summed E-state index contributed by atoms with van der Waals surface area (Å²) >= 11 is 0. The number of rotatable bonds is 14. The van der Waals surface area contributed by atoms with E-state index in [1.807, 2.05) is 6.92 Å². The van der Waals surface area contributed by atoms with Crippen molar-refractivity contribution < 1.29 is 109 Å². The molecule has 9 fully saturated rings. The van der Waals surface area contributed by atoms with E-state index in [2.05, 4.69) is 20.8 Å². The number of hydrogen-bond acceptors (Lipinski definition) is 22. The molecule has 73 heavy (non-hydrogen) atoms. The molecule has 0 amide bonds. The third-order valence-electron chi connectivity index (χ3n) is 20.0. The van der Waals surface area contributed by atoms with Crippen molar-refractivity contribution in [2.75, 3.05) is 19.8 Å². The van der Waals surface area contributed by atoms with E-state index in [9.17, 15) is 66.4 Å². The van der Waals surface area contributed by atoms with Gasteiger partial charge in [-0.05, 0) is 118 Å². The Morgan fingerprint density at radius 3 is 1.77 bits per heavy atom. The summed E-state index contributed by atoms with van der Waals surface area (Å²) < 4.78 is 54.7. The number of aliphatic hydroxyl groups is 13. The van der Waals surface area contributed by atoms with Gasteiger partial charge in [-0.3, -0.25) is 0 Å². The van der Waals surface area contributed by atoms with Crippen molar-refractivity contribution >= 4 is 0 Å². The van der Waals surface area contributed by atoms with E-state index in [0.29, 0.717) is 43.4 Å². The summed E-state index contributed by atoms with van der Waals surface area (Å²) in [5.74, 6) is 0.300. The van der Waals surface area contributed by atoms with Gasteiger partial charge in [-0.15, -0.1) is 0 Å². The molecule has 5 heterocycles. The first-order valence-electron chi connectivity index (χ1n) is 27.1. The molecule has 422 valence electrons. The van der Waals surface area contributed by atoms with E-state index in [1.54, 1.807) is 0 Å². The normalized spacial score (nSPS) is 56.6. The zero-order chi connectivity index (χ0) is 52.8. The third kappa shape index (κ3) is 10.2. The molecule has 13 N–H and O–H groups in total. The van der Waals surface area contributed by atoms with Gasteiger partial charge in [-0.1, -0.05) is 27.7 Å². The van der Waals surface area contributed by atoms with Gasteiger partial charge < -0.3 is 109 Å². The lowest BCUT2D eigenvalue weighted by Gasteiger charge is -2.61. The second-order valence-corrected chi connectivity index (χ2v) is 24.2. The van der Waals surface area contributed by atoms with E-state index < -0.39 is 142 Å². The smallest absolute Gasteiger partial charge is 0.187 e. The monoisotopic (exact) mass is 1050 g/mol. The second-order valence-electron chi connectivity index (χ2n) is 24.2. The molecular formula is C51H86O22. The quantitative estimate of drug-likeness (QED) is 0.0845. The molecule has 9 aliphatic rings. The fourth-order valence-corrected chi connectivity index (χ4v) is 15.5. The Hall–Kier alpha value is -0.880. The molecule has 22 nitrogen and oxygen atoms in total. The van der Waals surface area contributed by atoms with Crippen molar-refractivity contribution in [3.05, 3.63) is 0 Å². The zero-order valence-corrected chi connectivity index (χ0v) is 42.9. The number of ether oxygens (including phenoxy) is 9. The van der Waals surface area contributed by atoms with Crippen LogP contribution in [-0.2, 0) is 42.6 Å². The molecule has 9 rings (SSSR count). The van der Waals surface area contributed by atoms with Crippen LogP contribution in [0.15, 0.2) is 0 Å². The molecule has 32 atom stereocenters. The van der Waals surface area contributed by atoms with Gasteiger partial charge in [0.05, 0.1) is 44.2 Å². The van der Waals surface area contributed by atoms with Crippen molar-refractivity contribution in [1.82, 2.24) is 0 Å². The topological polar surface area (TPSA) is 346 Å². The van der Waals surface area contributed by atoms with Gasteiger partial charge >= 0.3 is 0 Å². The van der Waals surface area contributed by atoms with Crippen LogP contribution < -0.4 is 0 Å². The maximum atomic E-state index is 12.1. The Balaban J connectivity index is 0.830. The van der Waals surface area contributed by atoms with Crippen LogP contribution >= 0.6 is 0 Å². The summed E-state index contributed by atoms with van der Waals surface area (Å²) in [6.07, 6.45) is -21.1. The second kappa shape index (κ2) is 22.0. The fourth-order valence-electron chi connectivity index (χ4n) is 15.5. The predicted octanol–water partition coefficient (Wildman–Crippen LogP) is -1.90. The van der Waals surface area contributed by atoms with Gasteiger partial charge in [-0.25, -0.2) is 0 Å². The SMILES string of the molecule is C[C@H](CC[C@@]1(O)O[C@H]2C[C@H]3[C@@H]4CC[C@H]5C[C@@H](O[C@@H]6O[C@H](CO)[C@@H](O[C@@H]7O[C@@H](C)[C@H](O)[C@@H](O)[C@H]7O)[C@H](O)[C@H]6O[C@@H]6O[C@@H](C)[C@H](O)[C@@H](O)[C@H]6O)CC[C@]5(C)[C@H]4CC[C@]3(C)[C@H]2[C@@H]1C)CO[C@@H]1O[C@H](CO)[C@@H](O)[C@H](O)[C@H]1O. The average Bonchev–Trinajstić information content (AvgIpc) is 3.80. The maximum Gasteiger partial charge on any atom is 0.187 e. The van der Waals surface area contributed by atoms with E-state index in [-0.39, 0.29) is 53.3 Å². The van der Waals surface area contributed by atoms with Crippen LogP contribution in [0, 0.1) is 52.3 Å². The lowest BCUT2D eigenvalue weighted by molar-refractivity contribution is -0.389. The average molecular weight is 1050 g/mol. The van der Waals surface area contributed by atoms with E-state index in [0.717, 1.165) is 38.5 Å². The molecule has 5 aliphatic heterocycles. The van der Waals surface area contributed by atoms with Crippen LogP contribution in [0.3, 0.4) is 0 Å². The standard InChI is InChI=1S/C51H86O22/c1-20(19-65-45-39(60)38(59)35(56)30(17-52)69-45)9-14-51(64)21(2)32-29(73-51)16-28-26-8-7-24-15-25(10-12-49(24,5)27(26)11-13-50(28,32)6)68-48-44(72-47-41(62)37(58)34(55)23(4)67-47)42(63)43(31(18-53)70-48)71-46-40(61)36(57)33(54)22(3)66-46/h20-48,52-64H,7-19H2,1-6H3/t20-,21+,22+,23+,24+,25+,26-,27+,28+,29+,30-,31-,32+,33+,34+,35-,36-,37-,38+,39-,40-,41-,42+,43-,44-,45-,46+,47+,48-,49+,50+,51-/m1/s1. The first-order valence-corrected chi connectivity index (χ1v) is 27.1. The van der Waals surface area contributed by atoms with Crippen LogP contribution in [0.25, 0.3) is 0 Å². The minimum absolute atomic E-state index is 0.00150. The molecule has 0 radical (unpaired) electrons. The molecule has 0 unspecified atom stereocenters. The predicted molar refractivity (Wildman–Crippen MR) is 249 cm³/mol. The number of aliphatic hydroxyl groups excluding tert-OH is 12. The van der Waals surface area contributed by atoms with Crippen molar-refractivity contribution in [3.63, 3.8) is 0 Å². The maximum absolute atomic E-state index is 12.1. The van der Waals surface area contributed by atoms with Crippen molar-refractivity contribution in [1.29, 1.82) is 0 Å². The number of fused-ring (bicyclic) bond motifs is 7. The molecule has 0 aromatic carbocycles. The molecule has 0 aromatic rings. The highest BCUT2D eigenvalue weighted by atomic mass is 16.8. The highest BCUT2D eigenvalue weighted by molar-refractivity contribution is 5.15. The van der Waals surface area contributed by atoms with E-state index >= 15 is 0 Å². The summed E-state index contributed by atoms with van der Waals surface area (Å²) in [6, 6.07) is 0. The zero-order valence-electron chi connectivity index (χ0n) is 42.9. The first-order chi connectivity index (χ1) is 34.5. The molecule has 0 spiro atoms. The van der Waals surface area contributed by atoms with Crippen molar-refractivity contribution in [3.8, 4) is 0 Å². The Bertz CT molecular complexity index is 1840. The molecular weight excluding hydrogens is 965 g/mol. The molecule has 4 aliphatic carbocycles. The van der Waals surface area contributed by atoms with Gasteiger partial charge in [0.2, 0.25) is 0 Å². The summed E-state index contributed by atoms with van der Waals surface area (Å²) in [7, 11) is 0. The summed E-state index contributed by atoms with van der Waals surface area (Å²) in [4.78, 5) is 0. The Morgan fingerprint density at radius 2 is 1.14 bits per heavy atom. The first kappa shape index (κ1) is 56.8. The summed E-state index contributed by atoms with van der Waals surface area (Å²) in [5, 5.41) is 139. The van der Waals surface area contributed by atoms with Gasteiger partial charge in [0.15, 0.2) is 30.9 Å². The van der Waals surface area contributed by atoms with Gasteiger partial charge in [0.1, 0.15) is 85.5 Å². The lowest BCUT2D eigenvalue weighted by Crippen LogP contribution is -2.66. The summed E-state index contributed by atoms with van der Waals surface area (Å²) in [6.45, 7) is 10.8. The molecule has 0 aromatic heterocycles. The Labute approximate surface area is 426 Å². The highest BCUT2D eigenvalue weighted by Crippen LogP contribution is 2.71. The highest BCUT2D eigenvalue weighted by Gasteiger charge is 2.68. The van der Waals surface area contributed by atoms with Crippen LogP contribution in [-0.4, -0.2) is 227 Å². The summed E-state index contributed by atoms with van der Waals surface area (Å²) in [5.41, 5.74) is -0.0281. The third-order valence-corrected chi connectivity index (χ3v) is 20.0. The Kier molecular flexibility index (Phi) is 17.1. The van der Waals surface area contributed by atoms with E-state index in [1.165, 1.54) is 13.8 Å². The minimum Gasteiger partial charge on any atom is -0.394 e. The van der Waals surface area contributed by atoms with Gasteiger partial charge in [0.25, 0.3) is 0 Å². The molecule has 4 saturated carbocycles. The van der Waals surface area contributed by atoms with E-state index in [4.69, 9.17) is 42.6 Å². The Morgan fingerprint density at radius 1 is 0.562 bits per heavy atom. The van der Waals surface area contributed by atoms with Gasteiger partial charge in [-0.2, -0.15) is 0 Å². The molecule has 5 saturated heterocycles. The van der Waals surface area contributed by atoms with Crippen LogP contribution in [0.5, 0.6) is 0 Å². The van der Waals surface area contributed by atoms with Gasteiger partial charge in [0, 0.05) is 12.3 Å². The van der Waals surface area contributed by atoms with Crippen molar-refractivity contribution in [2.45, 2.75) is 247 Å². The largest absolute Gasteiger partial charge is 0.394 e. The van der Waals surface area contributed by atoms with Crippen LogP contribution in [0.2, 0.25) is 0 Å². The fraction of sp³-hybridized carbons (Fsp3) is 1.00.